The first-order chi connectivity index (χ1) is 11.1. The molecular formula is C17H20N4O2. The number of carboxylic acids is 1. The fourth-order valence-electron chi connectivity index (χ4n) is 2.39. The van der Waals surface area contributed by atoms with Crippen molar-refractivity contribution in [3.8, 4) is 0 Å². The Hall–Kier alpha value is -2.63. The molecule has 2 aromatic rings. The van der Waals surface area contributed by atoms with E-state index >= 15 is 0 Å². The van der Waals surface area contributed by atoms with Gasteiger partial charge in [0.2, 0.25) is 5.95 Å². The van der Waals surface area contributed by atoms with Crippen molar-refractivity contribution >= 4 is 17.7 Å². The number of aliphatic carboxylic acids is 1. The standard InChI is InChI=1S/C17H20N4O2/c1-11-3-2-4-12(7-11)9-18-15-8-14(13-5-6-13)20-17(21-15)19-10-16(22)23/h2-4,7-8,13H,5-6,9-10H2,1H3,(H,22,23)(H2,18,19,20,21). The van der Waals surface area contributed by atoms with Crippen LogP contribution in [0.2, 0.25) is 0 Å². The normalized spacial score (nSPS) is 13.6. The largest absolute Gasteiger partial charge is 0.480 e. The van der Waals surface area contributed by atoms with E-state index in [1.807, 2.05) is 12.1 Å². The predicted molar refractivity (Wildman–Crippen MR) is 88.6 cm³/mol. The van der Waals surface area contributed by atoms with E-state index < -0.39 is 5.97 Å². The molecule has 3 rings (SSSR count). The maximum absolute atomic E-state index is 10.7. The zero-order valence-corrected chi connectivity index (χ0v) is 13.0. The molecule has 120 valence electrons. The fraction of sp³-hybridized carbons (Fsp3) is 0.353. The Labute approximate surface area is 135 Å². The molecule has 0 aliphatic heterocycles. The van der Waals surface area contributed by atoms with E-state index in [9.17, 15) is 4.79 Å². The van der Waals surface area contributed by atoms with Crippen molar-refractivity contribution in [2.75, 3.05) is 17.2 Å². The molecule has 0 saturated heterocycles. The van der Waals surface area contributed by atoms with Crippen LogP contribution in [0.1, 0.15) is 35.6 Å². The lowest BCUT2D eigenvalue weighted by molar-refractivity contribution is -0.134. The summed E-state index contributed by atoms with van der Waals surface area (Å²) in [5.74, 6) is 0.627. The van der Waals surface area contributed by atoms with Crippen molar-refractivity contribution in [3.05, 3.63) is 47.2 Å². The van der Waals surface area contributed by atoms with Crippen LogP contribution in [-0.2, 0) is 11.3 Å². The van der Waals surface area contributed by atoms with Gasteiger partial charge in [-0.3, -0.25) is 4.79 Å². The van der Waals surface area contributed by atoms with Crippen molar-refractivity contribution in [2.24, 2.45) is 0 Å². The summed E-state index contributed by atoms with van der Waals surface area (Å²) < 4.78 is 0. The third-order valence-corrected chi connectivity index (χ3v) is 3.70. The van der Waals surface area contributed by atoms with Crippen molar-refractivity contribution in [3.63, 3.8) is 0 Å². The summed E-state index contributed by atoms with van der Waals surface area (Å²) in [6, 6.07) is 10.2. The smallest absolute Gasteiger partial charge is 0.322 e. The van der Waals surface area contributed by atoms with Crippen LogP contribution in [-0.4, -0.2) is 27.6 Å². The summed E-state index contributed by atoms with van der Waals surface area (Å²) in [4.78, 5) is 19.5. The number of benzene rings is 1. The van der Waals surface area contributed by atoms with E-state index in [1.165, 1.54) is 11.1 Å². The third kappa shape index (κ3) is 4.42. The Morgan fingerprint density at radius 1 is 1.26 bits per heavy atom. The highest BCUT2D eigenvalue weighted by molar-refractivity contribution is 5.72. The molecule has 1 fully saturated rings. The highest BCUT2D eigenvalue weighted by Crippen LogP contribution is 2.39. The molecule has 3 N–H and O–H groups in total. The number of carbonyl (C=O) groups is 1. The second-order valence-corrected chi connectivity index (χ2v) is 5.87. The SMILES string of the molecule is Cc1cccc(CNc2cc(C3CC3)nc(NCC(=O)O)n2)c1. The van der Waals surface area contributed by atoms with Gasteiger partial charge in [0, 0.05) is 18.5 Å². The molecule has 23 heavy (non-hydrogen) atoms. The number of hydrogen-bond donors (Lipinski definition) is 3. The average Bonchev–Trinajstić information content (AvgIpc) is 3.36. The molecule has 0 bridgehead atoms. The quantitative estimate of drug-likeness (QED) is 0.729. The maximum atomic E-state index is 10.7. The number of aromatic nitrogens is 2. The summed E-state index contributed by atoms with van der Waals surface area (Å²) >= 11 is 0. The van der Waals surface area contributed by atoms with Crippen molar-refractivity contribution in [1.82, 2.24) is 9.97 Å². The van der Waals surface area contributed by atoms with E-state index in [0.717, 1.165) is 24.4 Å². The number of nitrogens with one attached hydrogen (secondary N) is 2. The Morgan fingerprint density at radius 3 is 2.78 bits per heavy atom. The van der Waals surface area contributed by atoms with Crippen LogP contribution < -0.4 is 10.6 Å². The molecule has 1 saturated carbocycles. The topological polar surface area (TPSA) is 87.1 Å². The second kappa shape index (κ2) is 6.64. The molecule has 1 heterocycles. The van der Waals surface area contributed by atoms with Crippen LogP contribution >= 0.6 is 0 Å². The minimum atomic E-state index is -0.931. The maximum Gasteiger partial charge on any atom is 0.322 e. The minimum Gasteiger partial charge on any atom is -0.480 e. The lowest BCUT2D eigenvalue weighted by Crippen LogP contribution is -2.15. The Bertz CT molecular complexity index is 713. The molecule has 1 aliphatic rings. The summed E-state index contributed by atoms with van der Waals surface area (Å²) in [5.41, 5.74) is 3.37. The summed E-state index contributed by atoms with van der Waals surface area (Å²) in [5, 5.41) is 14.8. The van der Waals surface area contributed by atoms with E-state index in [4.69, 9.17) is 5.11 Å². The summed E-state index contributed by atoms with van der Waals surface area (Å²) in [6.45, 7) is 2.54. The van der Waals surface area contributed by atoms with Gasteiger partial charge in [0.05, 0.1) is 5.69 Å². The minimum absolute atomic E-state index is 0.189. The highest BCUT2D eigenvalue weighted by atomic mass is 16.4. The first-order valence-electron chi connectivity index (χ1n) is 7.74. The number of nitrogens with zero attached hydrogens (tertiary/aromatic N) is 2. The first-order valence-corrected chi connectivity index (χ1v) is 7.74. The van der Waals surface area contributed by atoms with Gasteiger partial charge < -0.3 is 15.7 Å². The molecule has 6 heteroatoms. The van der Waals surface area contributed by atoms with Crippen LogP contribution in [0.15, 0.2) is 30.3 Å². The molecule has 1 aromatic heterocycles. The third-order valence-electron chi connectivity index (χ3n) is 3.70. The fourth-order valence-corrected chi connectivity index (χ4v) is 2.39. The highest BCUT2D eigenvalue weighted by Gasteiger charge is 2.26. The van der Waals surface area contributed by atoms with Crippen molar-refractivity contribution in [2.45, 2.75) is 32.2 Å². The zero-order chi connectivity index (χ0) is 16.2. The first kappa shape index (κ1) is 15.3. The molecule has 0 spiro atoms. The van der Waals surface area contributed by atoms with Gasteiger partial charge in [0.15, 0.2) is 0 Å². The van der Waals surface area contributed by atoms with Gasteiger partial charge in [-0.2, -0.15) is 4.98 Å². The van der Waals surface area contributed by atoms with Crippen LogP contribution in [0.25, 0.3) is 0 Å². The van der Waals surface area contributed by atoms with Gasteiger partial charge in [-0.25, -0.2) is 4.98 Å². The summed E-state index contributed by atoms with van der Waals surface area (Å²) in [7, 11) is 0. The zero-order valence-electron chi connectivity index (χ0n) is 13.0. The molecule has 0 radical (unpaired) electrons. The molecule has 1 aromatic carbocycles. The van der Waals surface area contributed by atoms with E-state index in [1.54, 1.807) is 0 Å². The Kier molecular flexibility index (Phi) is 4.41. The predicted octanol–water partition coefficient (Wildman–Crippen LogP) is 2.77. The van der Waals surface area contributed by atoms with Crippen LogP contribution in [0.3, 0.4) is 0 Å². The molecule has 0 amide bonds. The molecule has 6 nitrogen and oxygen atoms in total. The molecule has 0 unspecified atom stereocenters. The van der Waals surface area contributed by atoms with Gasteiger partial charge in [0.25, 0.3) is 0 Å². The Balaban J connectivity index is 1.73. The van der Waals surface area contributed by atoms with Gasteiger partial charge in [0.1, 0.15) is 12.4 Å². The van der Waals surface area contributed by atoms with Gasteiger partial charge in [-0.15, -0.1) is 0 Å². The lowest BCUT2D eigenvalue weighted by Gasteiger charge is -2.10. The van der Waals surface area contributed by atoms with Crippen molar-refractivity contribution in [1.29, 1.82) is 0 Å². The van der Waals surface area contributed by atoms with E-state index in [0.29, 0.717) is 18.4 Å². The number of carboxylic acid groups (broad SMARTS) is 1. The second-order valence-electron chi connectivity index (χ2n) is 5.87. The number of hydrogen-bond acceptors (Lipinski definition) is 5. The Morgan fingerprint density at radius 2 is 2.09 bits per heavy atom. The number of aryl methyl sites for hydroxylation is 1. The van der Waals surface area contributed by atoms with E-state index in [-0.39, 0.29) is 6.54 Å². The molecule has 1 aliphatic carbocycles. The molecule has 0 atom stereocenters. The van der Waals surface area contributed by atoms with E-state index in [2.05, 4.69) is 45.7 Å². The van der Waals surface area contributed by atoms with Gasteiger partial charge in [-0.1, -0.05) is 29.8 Å². The van der Waals surface area contributed by atoms with Crippen LogP contribution in [0.5, 0.6) is 0 Å². The van der Waals surface area contributed by atoms with Crippen LogP contribution in [0, 0.1) is 6.92 Å². The average molecular weight is 312 g/mol. The lowest BCUT2D eigenvalue weighted by atomic mass is 10.1. The number of anilines is 2. The monoisotopic (exact) mass is 312 g/mol. The summed E-state index contributed by atoms with van der Waals surface area (Å²) in [6.07, 6.45) is 2.26. The van der Waals surface area contributed by atoms with Crippen molar-refractivity contribution < 1.29 is 9.90 Å². The van der Waals surface area contributed by atoms with Gasteiger partial charge in [-0.05, 0) is 25.3 Å². The molecular weight excluding hydrogens is 292 g/mol. The number of rotatable bonds is 7. The van der Waals surface area contributed by atoms with Crippen LogP contribution in [0.4, 0.5) is 11.8 Å². The van der Waals surface area contributed by atoms with Gasteiger partial charge >= 0.3 is 5.97 Å².